The fraction of sp³-hybridized carbons (Fsp3) is 0.370. The minimum absolute atomic E-state index is 0.181. The lowest BCUT2D eigenvalue weighted by molar-refractivity contribution is 0.0619. The summed E-state index contributed by atoms with van der Waals surface area (Å²) in [5.74, 6) is -0.231. The van der Waals surface area contributed by atoms with E-state index >= 15 is 0 Å². The molecule has 3 aromatic rings. The summed E-state index contributed by atoms with van der Waals surface area (Å²) in [6.07, 6.45) is 2.47. The lowest BCUT2D eigenvalue weighted by atomic mass is 10.1. The number of halogens is 1. The third-order valence-electron chi connectivity index (χ3n) is 6.46. The minimum atomic E-state index is -0.260. The zero-order valence-electron chi connectivity index (χ0n) is 20.2. The number of aryl methyl sites for hydroxylation is 2. The SMILES string of the molecule is COCc1c(C(=O)N2CCN(Cc3ccccn3)CC2)c(=O)cc(C)n1CCc1ccccc1Cl. The number of benzene rings is 1. The smallest absolute Gasteiger partial charge is 0.259 e. The number of hydrogen-bond donors (Lipinski definition) is 0. The van der Waals surface area contributed by atoms with Crippen LogP contribution in [0.2, 0.25) is 5.02 Å². The van der Waals surface area contributed by atoms with Crippen LogP contribution in [0.15, 0.2) is 59.5 Å². The van der Waals surface area contributed by atoms with E-state index in [1.165, 1.54) is 0 Å². The fourth-order valence-electron chi connectivity index (χ4n) is 4.58. The normalized spacial score (nSPS) is 14.3. The monoisotopic (exact) mass is 494 g/mol. The second kappa shape index (κ2) is 11.6. The topological polar surface area (TPSA) is 67.7 Å². The zero-order valence-corrected chi connectivity index (χ0v) is 21.0. The first-order valence-electron chi connectivity index (χ1n) is 11.8. The average molecular weight is 495 g/mol. The molecule has 1 fully saturated rings. The molecular weight excluding hydrogens is 464 g/mol. The molecule has 3 heterocycles. The Hall–Kier alpha value is -3.00. The Morgan fingerprint density at radius 3 is 2.51 bits per heavy atom. The molecule has 0 atom stereocenters. The Morgan fingerprint density at radius 1 is 1.09 bits per heavy atom. The molecule has 1 aliphatic heterocycles. The molecule has 0 saturated carbocycles. The van der Waals surface area contributed by atoms with Crippen LogP contribution < -0.4 is 5.43 Å². The Kier molecular flexibility index (Phi) is 8.33. The molecule has 0 spiro atoms. The summed E-state index contributed by atoms with van der Waals surface area (Å²) in [7, 11) is 1.58. The molecular formula is C27H31ClN4O3. The summed E-state index contributed by atoms with van der Waals surface area (Å²) in [6.45, 7) is 5.99. The van der Waals surface area contributed by atoms with Gasteiger partial charge in [-0.1, -0.05) is 35.9 Å². The van der Waals surface area contributed by atoms with Gasteiger partial charge in [-0.25, -0.2) is 0 Å². The first-order chi connectivity index (χ1) is 17.0. The van der Waals surface area contributed by atoms with E-state index in [1.807, 2.05) is 54.0 Å². The molecule has 184 valence electrons. The summed E-state index contributed by atoms with van der Waals surface area (Å²) in [5, 5.41) is 0.708. The Labute approximate surface area is 210 Å². The second-order valence-electron chi connectivity index (χ2n) is 8.79. The van der Waals surface area contributed by atoms with E-state index in [0.717, 1.165) is 36.6 Å². The van der Waals surface area contributed by atoms with E-state index < -0.39 is 0 Å². The molecule has 1 saturated heterocycles. The number of hydrogen-bond acceptors (Lipinski definition) is 5. The van der Waals surface area contributed by atoms with Gasteiger partial charge in [0.25, 0.3) is 5.91 Å². The van der Waals surface area contributed by atoms with Crippen molar-refractivity contribution in [3.05, 3.63) is 98.2 Å². The van der Waals surface area contributed by atoms with Crippen LogP contribution in [0, 0.1) is 6.92 Å². The van der Waals surface area contributed by atoms with Crippen molar-refractivity contribution >= 4 is 17.5 Å². The number of amides is 1. The van der Waals surface area contributed by atoms with Crippen molar-refractivity contribution in [1.82, 2.24) is 19.4 Å². The molecule has 0 unspecified atom stereocenters. The van der Waals surface area contributed by atoms with Gasteiger partial charge in [-0.2, -0.15) is 0 Å². The van der Waals surface area contributed by atoms with Gasteiger partial charge in [0.05, 0.1) is 18.0 Å². The molecule has 0 N–H and O–H groups in total. The van der Waals surface area contributed by atoms with Crippen molar-refractivity contribution in [3.8, 4) is 0 Å². The van der Waals surface area contributed by atoms with Crippen LogP contribution in [0.4, 0.5) is 0 Å². The second-order valence-corrected chi connectivity index (χ2v) is 9.19. The molecule has 1 amide bonds. The summed E-state index contributed by atoms with van der Waals surface area (Å²) >= 11 is 6.35. The molecule has 0 radical (unpaired) electrons. The number of carbonyl (C=O) groups is 1. The highest BCUT2D eigenvalue weighted by Gasteiger charge is 2.27. The van der Waals surface area contributed by atoms with Crippen LogP contribution >= 0.6 is 11.6 Å². The van der Waals surface area contributed by atoms with Crippen LogP contribution in [0.5, 0.6) is 0 Å². The standard InChI is InChI=1S/C27H31ClN4O3/c1-20-17-25(33)26(24(19-35-2)32(20)12-10-21-7-3-4-9-23(21)28)27(34)31-15-13-30(14-16-31)18-22-8-5-6-11-29-22/h3-9,11,17H,10,12-16,18-19H2,1-2H3. The van der Waals surface area contributed by atoms with Crippen LogP contribution in [0.3, 0.4) is 0 Å². The van der Waals surface area contributed by atoms with Crippen molar-refractivity contribution in [2.45, 2.75) is 33.0 Å². The van der Waals surface area contributed by atoms with Gasteiger partial charge in [-0.3, -0.25) is 19.5 Å². The number of nitrogens with zero attached hydrogens (tertiary/aromatic N) is 4. The molecule has 4 rings (SSSR count). The average Bonchev–Trinajstić information content (AvgIpc) is 2.86. The first-order valence-corrected chi connectivity index (χ1v) is 12.2. The van der Waals surface area contributed by atoms with Crippen molar-refractivity contribution in [2.24, 2.45) is 0 Å². The van der Waals surface area contributed by atoms with Gasteiger partial charge in [0.1, 0.15) is 5.56 Å². The zero-order chi connectivity index (χ0) is 24.8. The predicted molar refractivity (Wildman–Crippen MR) is 137 cm³/mol. The summed E-state index contributed by atoms with van der Waals surface area (Å²) in [5.41, 5.74) is 3.39. The lowest BCUT2D eigenvalue weighted by Crippen LogP contribution is -2.49. The summed E-state index contributed by atoms with van der Waals surface area (Å²) in [4.78, 5) is 35.1. The lowest BCUT2D eigenvalue weighted by Gasteiger charge is -2.35. The van der Waals surface area contributed by atoms with E-state index in [2.05, 4.69) is 9.88 Å². The third-order valence-corrected chi connectivity index (χ3v) is 6.82. The van der Waals surface area contributed by atoms with E-state index in [9.17, 15) is 9.59 Å². The quantitative estimate of drug-likeness (QED) is 0.479. The Bertz CT molecular complexity index is 1220. The maximum Gasteiger partial charge on any atom is 0.259 e. The highest BCUT2D eigenvalue weighted by molar-refractivity contribution is 6.31. The van der Waals surface area contributed by atoms with Gasteiger partial charge in [0.15, 0.2) is 5.43 Å². The van der Waals surface area contributed by atoms with Crippen molar-refractivity contribution in [3.63, 3.8) is 0 Å². The van der Waals surface area contributed by atoms with Crippen LogP contribution in [-0.2, 0) is 30.9 Å². The van der Waals surface area contributed by atoms with E-state index in [-0.39, 0.29) is 23.5 Å². The number of aromatic nitrogens is 2. The van der Waals surface area contributed by atoms with Crippen LogP contribution in [0.25, 0.3) is 0 Å². The number of rotatable bonds is 8. The van der Waals surface area contributed by atoms with Gasteiger partial charge in [-0.05, 0) is 37.1 Å². The molecule has 7 nitrogen and oxygen atoms in total. The molecule has 1 aromatic carbocycles. The molecule has 0 aliphatic carbocycles. The van der Waals surface area contributed by atoms with E-state index in [4.69, 9.17) is 16.3 Å². The summed E-state index contributed by atoms with van der Waals surface area (Å²) in [6, 6.07) is 15.2. The molecule has 0 bridgehead atoms. The van der Waals surface area contributed by atoms with Gasteiger partial charge < -0.3 is 14.2 Å². The maximum absolute atomic E-state index is 13.6. The third kappa shape index (κ3) is 5.99. The van der Waals surface area contributed by atoms with Gasteiger partial charge in [0.2, 0.25) is 0 Å². The van der Waals surface area contributed by atoms with Crippen molar-refractivity contribution in [1.29, 1.82) is 0 Å². The number of methoxy groups -OCH3 is 1. The molecule has 2 aromatic heterocycles. The highest BCUT2D eigenvalue weighted by Crippen LogP contribution is 2.19. The first kappa shape index (κ1) is 25.1. The van der Waals surface area contributed by atoms with Gasteiger partial charge >= 0.3 is 0 Å². The Balaban J connectivity index is 1.53. The largest absolute Gasteiger partial charge is 0.378 e. The molecule has 1 aliphatic rings. The fourth-order valence-corrected chi connectivity index (χ4v) is 4.81. The van der Waals surface area contributed by atoms with Crippen molar-refractivity contribution in [2.75, 3.05) is 33.3 Å². The number of piperazine rings is 1. The molecule has 8 heteroatoms. The van der Waals surface area contributed by atoms with Crippen molar-refractivity contribution < 1.29 is 9.53 Å². The Morgan fingerprint density at radius 2 is 1.83 bits per heavy atom. The summed E-state index contributed by atoms with van der Waals surface area (Å²) < 4.78 is 7.46. The van der Waals surface area contributed by atoms with E-state index in [1.54, 1.807) is 24.3 Å². The van der Waals surface area contributed by atoms with Crippen LogP contribution in [-0.4, -0.2) is 58.5 Å². The van der Waals surface area contributed by atoms with Gasteiger partial charge in [-0.15, -0.1) is 0 Å². The number of carbonyl (C=O) groups excluding carboxylic acids is 1. The number of ether oxygens (including phenoxy) is 1. The maximum atomic E-state index is 13.6. The number of pyridine rings is 2. The van der Waals surface area contributed by atoms with Crippen LogP contribution in [0.1, 0.15) is 33.0 Å². The van der Waals surface area contributed by atoms with E-state index in [0.29, 0.717) is 36.8 Å². The van der Waals surface area contributed by atoms with Gasteiger partial charge in [0, 0.05) is 69.4 Å². The molecule has 35 heavy (non-hydrogen) atoms. The highest BCUT2D eigenvalue weighted by atomic mass is 35.5. The minimum Gasteiger partial charge on any atom is -0.378 e. The predicted octanol–water partition coefficient (Wildman–Crippen LogP) is 3.55.